The Hall–Kier alpha value is -1.32. The minimum Gasteiger partial charge on any atom is -0.212 e. The maximum atomic E-state index is 13.8. The van der Waals surface area contributed by atoms with Crippen molar-refractivity contribution >= 4 is 0 Å². The first kappa shape index (κ1) is 21.4. The summed E-state index contributed by atoms with van der Waals surface area (Å²) in [7, 11) is 0. The van der Waals surface area contributed by atoms with Crippen LogP contribution in [0.15, 0.2) is 36.2 Å². The van der Waals surface area contributed by atoms with Crippen LogP contribution in [0.25, 0.3) is 0 Å². The average Bonchev–Trinajstić information content (AvgIpc) is 2.68. The smallest absolute Gasteiger partial charge is 0.212 e. The highest BCUT2D eigenvalue weighted by atomic mass is 19.4. The standard InChI is InChI=1S/C24H32F4/c1-2-3-17-4-6-18(7-5-17)19-8-10-20(11-9-19)21-12-14-22(15-13-21)23(25)16-24(26,27)28/h8-11,16-18,21-22H,2-7,12-15H2,1H3. The number of alkyl halides is 3. The molecule has 1 aromatic rings. The lowest BCUT2D eigenvalue weighted by Gasteiger charge is -2.30. The van der Waals surface area contributed by atoms with Crippen LogP contribution in [0.5, 0.6) is 0 Å². The van der Waals surface area contributed by atoms with Crippen LogP contribution >= 0.6 is 0 Å². The van der Waals surface area contributed by atoms with Gasteiger partial charge >= 0.3 is 6.18 Å². The van der Waals surface area contributed by atoms with Crippen molar-refractivity contribution in [3.63, 3.8) is 0 Å². The summed E-state index contributed by atoms with van der Waals surface area (Å²) in [5, 5.41) is 0. The van der Waals surface area contributed by atoms with Crippen molar-refractivity contribution < 1.29 is 17.6 Å². The molecule has 156 valence electrons. The molecule has 0 heterocycles. The highest BCUT2D eigenvalue weighted by Gasteiger charge is 2.31. The van der Waals surface area contributed by atoms with Gasteiger partial charge in [-0.25, -0.2) is 4.39 Å². The summed E-state index contributed by atoms with van der Waals surface area (Å²) in [4.78, 5) is 0. The molecule has 2 aliphatic carbocycles. The fourth-order valence-electron chi connectivity index (χ4n) is 5.21. The Balaban J connectivity index is 1.52. The summed E-state index contributed by atoms with van der Waals surface area (Å²) in [6, 6.07) is 8.88. The average molecular weight is 397 g/mol. The molecule has 0 nitrogen and oxygen atoms in total. The number of hydrogen-bond acceptors (Lipinski definition) is 0. The largest absolute Gasteiger partial charge is 0.412 e. The van der Waals surface area contributed by atoms with Crippen molar-refractivity contribution in [2.75, 3.05) is 0 Å². The van der Waals surface area contributed by atoms with E-state index in [-0.39, 0.29) is 6.08 Å². The molecule has 0 amide bonds. The first-order valence-electron chi connectivity index (χ1n) is 10.9. The van der Waals surface area contributed by atoms with Crippen LogP contribution in [0.3, 0.4) is 0 Å². The third kappa shape index (κ3) is 5.84. The first-order chi connectivity index (χ1) is 13.4. The summed E-state index contributed by atoms with van der Waals surface area (Å²) >= 11 is 0. The fourth-order valence-corrected chi connectivity index (χ4v) is 5.21. The van der Waals surface area contributed by atoms with Gasteiger partial charge < -0.3 is 0 Å². The van der Waals surface area contributed by atoms with E-state index in [0.717, 1.165) is 18.8 Å². The van der Waals surface area contributed by atoms with Crippen molar-refractivity contribution in [1.82, 2.24) is 0 Å². The van der Waals surface area contributed by atoms with E-state index in [2.05, 4.69) is 31.2 Å². The van der Waals surface area contributed by atoms with Crippen molar-refractivity contribution in [3.8, 4) is 0 Å². The predicted molar refractivity (Wildman–Crippen MR) is 106 cm³/mol. The summed E-state index contributed by atoms with van der Waals surface area (Å²) < 4.78 is 50.8. The molecule has 0 spiro atoms. The van der Waals surface area contributed by atoms with E-state index in [1.165, 1.54) is 49.7 Å². The molecule has 0 aromatic heterocycles. The third-order valence-electron chi connectivity index (χ3n) is 6.84. The Morgan fingerprint density at radius 3 is 1.75 bits per heavy atom. The molecule has 0 atom stereocenters. The second kappa shape index (κ2) is 9.45. The highest BCUT2D eigenvalue weighted by Crippen LogP contribution is 2.41. The van der Waals surface area contributed by atoms with Gasteiger partial charge in [0.15, 0.2) is 0 Å². The molecule has 2 fully saturated rings. The van der Waals surface area contributed by atoms with E-state index in [1.54, 1.807) is 0 Å². The van der Waals surface area contributed by atoms with E-state index in [4.69, 9.17) is 0 Å². The van der Waals surface area contributed by atoms with E-state index in [1.807, 2.05) is 0 Å². The van der Waals surface area contributed by atoms with Gasteiger partial charge in [-0.15, -0.1) is 0 Å². The number of allylic oxidation sites excluding steroid dienone is 2. The first-order valence-corrected chi connectivity index (χ1v) is 10.9. The van der Waals surface area contributed by atoms with Crippen LogP contribution < -0.4 is 0 Å². The Bertz CT molecular complexity index is 628. The van der Waals surface area contributed by atoms with Crippen molar-refractivity contribution in [3.05, 3.63) is 47.3 Å². The van der Waals surface area contributed by atoms with Crippen LogP contribution in [0.4, 0.5) is 17.6 Å². The van der Waals surface area contributed by atoms with E-state index < -0.39 is 17.9 Å². The van der Waals surface area contributed by atoms with Crippen LogP contribution in [0, 0.1) is 11.8 Å². The highest BCUT2D eigenvalue weighted by molar-refractivity contribution is 5.28. The monoisotopic (exact) mass is 396 g/mol. The molecule has 0 N–H and O–H groups in total. The maximum Gasteiger partial charge on any atom is 0.412 e. The number of rotatable bonds is 5. The van der Waals surface area contributed by atoms with Gasteiger partial charge in [-0.3, -0.25) is 0 Å². The molecule has 2 aliphatic rings. The fraction of sp³-hybridized carbons (Fsp3) is 0.667. The zero-order chi connectivity index (χ0) is 20.1. The molecular weight excluding hydrogens is 364 g/mol. The van der Waals surface area contributed by atoms with Gasteiger partial charge in [0, 0.05) is 5.92 Å². The third-order valence-corrected chi connectivity index (χ3v) is 6.84. The van der Waals surface area contributed by atoms with Gasteiger partial charge in [0.05, 0.1) is 6.08 Å². The molecule has 0 unspecified atom stereocenters. The van der Waals surface area contributed by atoms with Crippen LogP contribution in [0.2, 0.25) is 0 Å². The van der Waals surface area contributed by atoms with Gasteiger partial charge in [0.25, 0.3) is 0 Å². The summed E-state index contributed by atoms with van der Waals surface area (Å²) in [5.74, 6) is 0.335. The maximum absolute atomic E-state index is 13.8. The van der Waals surface area contributed by atoms with Gasteiger partial charge in [0.1, 0.15) is 5.83 Å². The van der Waals surface area contributed by atoms with E-state index >= 15 is 0 Å². The zero-order valence-corrected chi connectivity index (χ0v) is 16.8. The molecule has 2 saturated carbocycles. The Labute approximate surface area is 166 Å². The molecule has 0 saturated heterocycles. The van der Waals surface area contributed by atoms with Gasteiger partial charge in [-0.05, 0) is 80.2 Å². The molecule has 4 heteroatoms. The molecule has 0 bridgehead atoms. The minimum absolute atomic E-state index is 0.165. The lowest BCUT2D eigenvalue weighted by atomic mass is 9.76. The molecule has 0 radical (unpaired) electrons. The molecule has 28 heavy (non-hydrogen) atoms. The van der Waals surface area contributed by atoms with E-state index in [0.29, 0.717) is 24.7 Å². The topological polar surface area (TPSA) is 0 Å². The van der Waals surface area contributed by atoms with Crippen LogP contribution in [0.1, 0.15) is 94.1 Å². The Morgan fingerprint density at radius 2 is 1.32 bits per heavy atom. The number of hydrogen-bond donors (Lipinski definition) is 0. The molecule has 1 aromatic carbocycles. The predicted octanol–water partition coefficient (Wildman–Crippen LogP) is 8.45. The van der Waals surface area contributed by atoms with Crippen LogP contribution in [-0.4, -0.2) is 6.18 Å². The second-order valence-electron chi connectivity index (χ2n) is 8.79. The summed E-state index contributed by atoms with van der Waals surface area (Å²) in [6.07, 6.45) is 5.63. The molecule has 3 rings (SSSR count). The number of benzene rings is 1. The van der Waals surface area contributed by atoms with Crippen molar-refractivity contribution in [2.24, 2.45) is 11.8 Å². The summed E-state index contributed by atoms with van der Waals surface area (Å²) in [6.45, 7) is 2.26. The van der Waals surface area contributed by atoms with Crippen molar-refractivity contribution in [2.45, 2.75) is 89.1 Å². The zero-order valence-electron chi connectivity index (χ0n) is 16.8. The lowest BCUT2D eigenvalue weighted by Crippen LogP contribution is -2.16. The number of halogens is 4. The van der Waals surface area contributed by atoms with Crippen LogP contribution in [-0.2, 0) is 0 Å². The SMILES string of the molecule is CCCC1CCC(c2ccc(C3CCC(C(F)=CC(F)(F)F)CC3)cc2)CC1. The summed E-state index contributed by atoms with van der Waals surface area (Å²) in [5.41, 5.74) is 2.67. The van der Waals surface area contributed by atoms with Gasteiger partial charge in [-0.2, -0.15) is 13.2 Å². The Morgan fingerprint density at radius 1 is 0.857 bits per heavy atom. The quantitative estimate of drug-likeness (QED) is 0.438. The van der Waals surface area contributed by atoms with E-state index in [9.17, 15) is 17.6 Å². The minimum atomic E-state index is -4.56. The van der Waals surface area contributed by atoms with Gasteiger partial charge in [-0.1, -0.05) is 44.0 Å². The Kier molecular flexibility index (Phi) is 7.22. The normalized spacial score (nSPS) is 29.7. The second-order valence-corrected chi connectivity index (χ2v) is 8.79. The molecule has 0 aliphatic heterocycles. The van der Waals surface area contributed by atoms with Crippen molar-refractivity contribution in [1.29, 1.82) is 0 Å². The molecular formula is C24H32F4. The lowest BCUT2D eigenvalue weighted by molar-refractivity contribution is -0.0820. The van der Waals surface area contributed by atoms with Gasteiger partial charge in [0.2, 0.25) is 0 Å².